The van der Waals surface area contributed by atoms with E-state index in [1.807, 2.05) is 12.1 Å². The van der Waals surface area contributed by atoms with E-state index in [2.05, 4.69) is 22.8 Å². The number of fused-ring (bicyclic) bond motifs is 1. The summed E-state index contributed by atoms with van der Waals surface area (Å²) in [4.78, 5) is 22.3. The third-order valence-corrected chi connectivity index (χ3v) is 3.36. The highest BCUT2D eigenvalue weighted by Gasteiger charge is 2.20. The van der Waals surface area contributed by atoms with Gasteiger partial charge in [-0.25, -0.2) is 4.79 Å². The van der Waals surface area contributed by atoms with Crippen LogP contribution in [0, 0.1) is 0 Å². The molecule has 3 amide bonds. The predicted molar refractivity (Wildman–Crippen MR) is 72.5 cm³/mol. The molecular formula is C14H19N3O2. The van der Waals surface area contributed by atoms with Gasteiger partial charge in [0.05, 0.1) is 6.04 Å². The van der Waals surface area contributed by atoms with Crippen molar-refractivity contribution in [3.05, 3.63) is 35.4 Å². The molecule has 4 N–H and O–H groups in total. The van der Waals surface area contributed by atoms with E-state index in [4.69, 9.17) is 5.73 Å². The number of nitrogens with one attached hydrogen (secondary N) is 2. The van der Waals surface area contributed by atoms with Crippen molar-refractivity contribution in [3.63, 3.8) is 0 Å². The molecule has 0 heterocycles. The lowest BCUT2D eigenvalue weighted by atomic mass is 9.88. The van der Waals surface area contributed by atoms with Crippen molar-refractivity contribution in [2.24, 2.45) is 5.73 Å². The lowest BCUT2D eigenvalue weighted by Gasteiger charge is -2.26. The van der Waals surface area contributed by atoms with Gasteiger partial charge >= 0.3 is 6.03 Å². The molecule has 1 aliphatic rings. The van der Waals surface area contributed by atoms with Crippen LogP contribution in [0.15, 0.2) is 24.3 Å². The monoisotopic (exact) mass is 261 g/mol. The molecule has 19 heavy (non-hydrogen) atoms. The Bertz CT molecular complexity index is 474. The molecule has 1 aromatic rings. The van der Waals surface area contributed by atoms with Gasteiger partial charge in [0.1, 0.15) is 0 Å². The Kier molecular flexibility index (Phi) is 4.39. The fourth-order valence-electron chi connectivity index (χ4n) is 2.47. The van der Waals surface area contributed by atoms with Gasteiger partial charge in [-0.1, -0.05) is 24.3 Å². The Morgan fingerprint density at radius 1 is 1.32 bits per heavy atom. The summed E-state index contributed by atoms with van der Waals surface area (Å²) in [5.74, 6) is -0.0598. The molecule has 0 aromatic heterocycles. The normalized spacial score (nSPS) is 17.4. The summed E-state index contributed by atoms with van der Waals surface area (Å²) in [7, 11) is 0. The third-order valence-electron chi connectivity index (χ3n) is 3.36. The van der Waals surface area contributed by atoms with Gasteiger partial charge in [0.25, 0.3) is 0 Å². The fraction of sp³-hybridized carbons (Fsp3) is 0.429. The molecule has 1 aromatic carbocycles. The number of urea groups is 1. The Labute approximate surface area is 112 Å². The maximum Gasteiger partial charge on any atom is 0.312 e. The number of nitrogens with two attached hydrogens (primary N) is 1. The van der Waals surface area contributed by atoms with Crippen LogP contribution in [0.25, 0.3) is 0 Å². The van der Waals surface area contributed by atoms with Gasteiger partial charge in [-0.3, -0.25) is 4.79 Å². The van der Waals surface area contributed by atoms with Gasteiger partial charge in [-0.05, 0) is 30.4 Å². The minimum atomic E-state index is -0.601. The minimum absolute atomic E-state index is 0.0598. The SMILES string of the molecule is NC(=O)NCCC(=O)N[C@H]1CCCc2ccccc21. The lowest BCUT2D eigenvalue weighted by Crippen LogP contribution is -2.35. The molecule has 1 aliphatic carbocycles. The van der Waals surface area contributed by atoms with Crippen molar-refractivity contribution in [2.75, 3.05) is 6.54 Å². The second-order valence-electron chi connectivity index (χ2n) is 4.75. The Hall–Kier alpha value is -2.04. The number of hydrogen-bond acceptors (Lipinski definition) is 2. The van der Waals surface area contributed by atoms with E-state index in [1.165, 1.54) is 11.1 Å². The molecule has 0 radical (unpaired) electrons. The zero-order chi connectivity index (χ0) is 13.7. The van der Waals surface area contributed by atoms with Crippen molar-refractivity contribution in [1.29, 1.82) is 0 Å². The van der Waals surface area contributed by atoms with Gasteiger partial charge in [0.15, 0.2) is 0 Å². The predicted octanol–water partition coefficient (Wildman–Crippen LogP) is 1.24. The van der Waals surface area contributed by atoms with Crippen LogP contribution in [0.1, 0.15) is 36.4 Å². The first-order chi connectivity index (χ1) is 9.16. The molecule has 5 heteroatoms. The third kappa shape index (κ3) is 3.71. The molecule has 0 saturated carbocycles. The van der Waals surface area contributed by atoms with Crippen LogP contribution < -0.4 is 16.4 Å². The second kappa shape index (κ2) is 6.22. The molecule has 5 nitrogen and oxygen atoms in total. The van der Waals surface area contributed by atoms with Gasteiger partial charge in [-0.2, -0.15) is 0 Å². The van der Waals surface area contributed by atoms with Gasteiger partial charge in [0, 0.05) is 13.0 Å². The summed E-state index contributed by atoms with van der Waals surface area (Å²) in [6.07, 6.45) is 3.38. The van der Waals surface area contributed by atoms with E-state index in [0.29, 0.717) is 0 Å². The van der Waals surface area contributed by atoms with E-state index in [0.717, 1.165) is 19.3 Å². The highest BCUT2D eigenvalue weighted by Crippen LogP contribution is 2.29. The van der Waals surface area contributed by atoms with Crippen LogP contribution in [0.3, 0.4) is 0 Å². The summed E-state index contributed by atoms with van der Waals surface area (Å²) >= 11 is 0. The van der Waals surface area contributed by atoms with Crippen LogP contribution in [0.2, 0.25) is 0 Å². The summed E-state index contributed by atoms with van der Waals surface area (Å²) in [6, 6.07) is 7.70. The fourth-order valence-corrected chi connectivity index (χ4v) is 2.47. The number of aryl methyl sites for hydroxylation is 1. The molecule has 0 saturated heterocycles. The highest BCUT2D eigenvalue weighted by molar-refractivity contribution is 5.78. The molecule has 0 unspecified atom stereocenters. The van der Waals surface area contributed by atoms with Gasteiger partial charge in [0.2, 0.25) is 5.91 Å². The summed E-state index contributed by atoms with van der Waals surface area (Å²) in [5.41, 5.74) is 7.47. The summed E-state index contributed by atoms with van der Waals surface area (Å²) < 4.78 is 0. The van der Waals surface area contributed by atoms with E-state index in [1.54, 1.807) is 0 Å². The number of hydrogen-bond donors (Lipinski definition) is 3. The summed E-state index contributed by atoms with van der Waals surface area (Å²) in [5, 5.41) is 5.43. The Morgan fingerprint density at radius 3 is 2.89 bits per heavy atom. The first-order valence-electron chi connectivity index (χ1n) is 6.57. The number of carbonyl (C=O) groups excluding carboxylic acids is 2. The van der Waals surface area contributed by atoms with Crippen molar-refractivity contribution in [3.8, 4) is 0 Å². The Morgan fingerprint density at radius 2 is 2.11 bits per heavy atom. The zero-order valence-corrected chi connectivity index (χ0v) is 10.8. The Balaban J connectivity index is 1.90. The summed E-state index contributed by atoms with van der Waals surface area (Å²) in [6.45, 7) is 0.273. The standard InChI is InChI=1S/C14H19N3O2/c15-14(19)16-9-8-13(18)17-12-7-3-5-10-4-1-2-6-11(10)12/h1-2,4,6,12H,3,5,7-9H2,(H,17,18)(H3,15,16,19)/t12-/m0/s1. The smallest absolute Gasteiger partial charge is 0.312 e. The van der Waals surface area contributed by atoms with Crippen molar-refractivity contribution in [2.45, 2.75) is 31.7 Å². The average Bonchev–Trinajstić information content (AvgIpc) is 2.39. The van der Waals surface area contributed by atoms with E-state index in [9.17, 15) is 9.59 Å². The molecule has 0 aliphatic heterocycles. The van der Waals surface area contributed by atoms with Crippen LogP contribution in [-0.4, -0.2) is 18.5 Å². The number of primary amides is 1. The van der Waals surface area contributed by atoms with Crippen LogP contribution in [0.4, 0.5) is 4.79 Å². The number of rotatable bonds is 4. The molecular weight excluding hydrogens is 242 g/mol. The topological polar surface area (TPSA) is 84.2 Å². The number of benzene rings is 1. The van der Waals surface area contributed by atoms with Gasteiger partial charge in [-0.15, -0.1) is 0 Å². The largest absolute Gasteiger partial charge is 0.352 e. The lowest BCUT2D eigenvalue weighted by molar-refractivity contribution is -0.121. The van der Waals surface area contributed by atoms with Gasteiger partial charge < -0.3 is 16.4 Å². The van der Waals surface area contributed by atoms with Crippen molar-refractivity contribution >= 4 is 11.9 Å². The second-order valence-corrected chi connectivity index (χ2v) is 4.75. The quantitative estimate of drug-likeness (QED) is 0.761. The van der Waals surface area contributed by atoms with E-state index < -0.39 is 6.03 Å². The van der Waals surface area contributed by atoms with Crippen molar-refractivity contribution < 1.29 is 9.59 Å². The zero-order valence-electron chi connectivity index (χ0n) is 10.8. The maximum absolute atomic E-state index is 11.8. The first-order valence-corrected chi connectivity index (χ1v) is 6.57. The maximum atomic E-state index is 11.8. The molecule has 2 rings (SSSR count). The highest BCUT2D eigenvalue weighted by atomic mass is 16.2. The molecule has 0 bridgehead atoms. The molecule has 0 fully saturated rings. The number of amides is 3. The van der Waals surface area contributed by atoms with Crippen molar-refractivity contribution in [1.82, 2.24) is 10.6 Å². The van der Waals surface area contributed by atoms with E-state index >= 15 is 0 Å². The van der Waals surface area contributed by atoms with Crippen LogP contribution in [-0.2, 0) is 11.2 Å². The molecule has 0 spiro atoms. The van der Waals surface area contributed by atoms with Crippen LogP contribution in [0.5, 0.6) is 0 Å². The first kappa shape index (κ1) is 13.4. The van der Waals surface area contributed by atoms with Crippen LogP contribution >= 0.6 is 0 Å². The van der Waals surface area contributed by atoms with E-state index in [-0.39, 0.29) is 24.9 Å². The average molecular weight is 261 g/mol. The molecule has 1 atom stereocenters. The minimum Gasteiger partial charge on any atom is -0.352 e. The molecule has 102 valence electrons. The number of carbonyl (C=O) groups is 2.